The average molecular weight is 417 g/mol. The lowest BCUT2D eigenvalue weighted by Crippen LogP contribution is -2.41. The highest BCUT2D eigenvalue weighted by Crippen LogP contribution is 2.30. The van der Waals surface area contributed by atoms with Gasteiger partial charge in [-0.3, -0.25) is 0 Å². The van der Waals surface area contributed by atoms with Crippen LogP contribution in [0, 0.1) is 18.7 Å². The summed E-state index contributed by atoms with van der Waals surface area (Å²) < 4.78 is 31.0. The Morgan fingerprint density at radius 2 is 2.00 bits per heavy atom. The van der Waals surface area contributed by atoms with Crippen molar-refractivity contribution in [2.45, 2.75) is 32.4 Å². The highest BCUT2D eigenvalue weighted by Gasteiger charge is 2.28. The number of benzene rings is 1. The quantitative estimate of drug-likeness (QED) is 0.674. The zero-order valence-electron chi connectivity index (χ0n) is 17.4. The molecule has 0 amide bonds. The van der Waals surface area contributed by atoms with Crippen LogP contribution in [0.2, 0.25) is 0 Å². The number of hydrogen-bond acceptors (Lipinski definition) is 5. The Kier molecular flexibility index (Phi) is 6.06. The minimum Gasteiger partial charge on any atom is -0.486 e. The molecule has 7 heteroatoms. The lowest BCUT2D eigenvalue weighted by molar-refractivity contribution is 0.171. The van der Waals surface area contributed by atoms with Crippen molar-refractivity contribution in [3.63, 3.8) is 0 Å². The molecule has 156 valence electrons. The predicted molar refractivity (Wildman–Crippen MR) is 114 cm³/mol. The smallest absolute Gasteiger partial charge is 0.213 e. The number of hydrogen-bond donors (Lipinski definition) is 0. The van der Waals surface area contributed by atoms with E-state index in [1.807, 2.05) is 19.1 Å². The van der Waals surface area contributed by atoms with E-state index in [1.54, 1.807) is 7.11 Å². The van der Waals surface area contributed by atoms with Gasteiger partial charge in [0.25, 0.3) is 0 Å². The molecular formula is C22H29FN2O3Si. The molecule has 2 aliphatic heterocycles. The number of aromatic nitrogens is 1. The van der Waals surface area contributed by atoms with E-state index in [0.29, 0.717) is 42.2 Å². The summed E-state index contributed by atoms with van der Waals surface area (Å²) in [6.07, 6.45) is 2.20. The summed E-state index contributed by atoms with van der Waals surface area (Å²) in [6.45, 7) is 7.39. The number of aryl methyl sites for hydroxylation is 1. The summed E-state index contributed by atoms with van der Waals surface area (Å²) in [5, 5.41) is 0.833. The van der Waals surface area contributed by atoms with Crippen LogP contribution >= 0.6 is 0 Å². The van der Waals surface area contributed by atoms with Crippen LogP contribution in [-0.4, -0.2) is 58.5 Å². The molecule has 0 saturated carbocycles. The molecule has 1 aromatic carbocycles. The van der Waals surface area contributed by atoms with Gasteiger partial charge in [0, 0.05) is 24.4 Å². The van der Waals surface area contributed by atoms with Crippen molar-refractivity contribution in [1.29, 1.82) is 0 Å². The van der Waals surface area contributed by atoms with Gasteiger partial charge in [-0.15, -0.1) is 0 Å². The maximum Gasteiger partial charge on any atom is 0.213 e. The summed E-state index contributed by atoms with van der Waals surface area (Å²) in [5.74, 6) is 2.37. The second-order valence-corrected chi connectivity index (χ2v) is 10.5. The first kappa shape index (κ1) is 20.2. The monoisotopic (exact) mass is 416 g/mol. The fourth-order valence-corrected chi connectivity index (χ4v) is 6.23. The highest BCUT2D eigenvalue weighted by molar-refractivity contribution is 6.55. The Morgan fingerprint density at radius 1 is 1.24 bits per heavy atom. The van der Waals surface area contributed by atoms with Crippen molar-refractivity contribution >= 4 is 14.7 Å². The van der Waals surface area contributed by atoms with Gasteiger partial charge >= 0.3 is 0 Å². The number of likely N-dealkylation sites (tertiary alicyclic amines) is 1. The topological polar surface area (TPSA) is 43.8 Å². The number of nitrogens with zero attached hydrogens (tertiary/aromatic N) is 2. The van der Waals surface area contributed by atoms with Crippen LogP contribution < -0.4 is 19.4 Å². The van der Waals surface area contributed by atoms with E-state index in [9.17, 15) is 4.39 Å². The van der Waals surface area contributed by atoms with Crippen molar-refractivity contribution in [3.05, 3.63) is 41.3 Å². The Morgan fingerprint density at radius 3 is 2.76 bits per heavy atom. The maximum absolute atomic E-state index is 14.6. The summed E-state index contributed by atoms with van der Waals surface area (Å²) in [7, 11) is 0.859. The number of rotatable bonds is 6. The number of methoxy groups -OCH3 is 1. The van der Waals surface area contributed by atoms with Gasteiger partial charge in [0.15, 0.2) is 11.5 Å². The molecule has 29 heavy (non-hydrogen) atoms. The standard InChI is InChI=1S/C22H29FN2O3Si/c1-14-8-17(10-22(24-14)26-3)9-16-4-5-25(13-16)15(2)29-21-12-20-19(11-18(21)23)27-6-7-28-20/h8,10-12,15-16H,4-7,9,13,29H2,1-3H3/t15-,16+/m1/s1. The van der Waals surface area contributed by atoms with Crippen LogP contribution in [0.1, 0.15) is 24.6 Å². The molecule has 4 rings (SSSR count). The van der Waals surface area contributed by atoms with Gasteiger partial charge < -0.3 is 19.1 Å². The lowest BCUT2D eigenvalue weighted by atomic mass is 9.99. The van der Waals surface area contributed by atoms with E-state index in [1.165, 1.54) is 18.1 Å². The maximum atomic E-state index is 14.6. The Bertz CT molecular complexity index is 879. The Hall–Kier alpha value is -2.12. The summed E-state index contributed by atoms with van der Waals surface area (Å²) in [5.41, 5.74) is 2.68. The van der Waals surface area contributed by atoms with Crippen molar-refractivity contribution in [2.24, 2.45) is 5.92 Å². The van der Waals surface area contributed by atoms with Gasteiger partial charge in [0.1, 0.15) is 19.0 Å². The molecule has 2 atom stereocenters. The van der Waals surface area contributed by atoms with Gasteiger partial charge in [-0.25, -0.2) is 9.37 Å². The molecule has 1 aromatic heterocycles. The largest absolute Gasteiger partial charge is 0.486 e. The van der Waals surface area contributed by atoms with Gasteiger partial charge in [0.2, 0.25) is 5.88 Å². The average Bonchev–Trinajstić information content (AvgIpc) is 3.16. The van der Waals surface area contributed by atoms with Crippen LogP contribution in [0.3, 0.4) is 0 Å². The number of pyridine rings is 1. The van der Waals surface area contributed by atoms with Crippen LogP contribution in [0.5, 0.6) is 17.4 Å². The Labute approximate surface area is 174 Å². The fraction of sp³-hybridized carbons (Fsp3) is 0.500. The zero-order valence-corrected chi connectivity index (χ0v) is 18.8. The van der Waals surface area contributed by atoms with Crippen molar-refractivity contribution in [2.75, 3.05) is 33.4 Å². The molecule has 2 aliphatic rings. The first-order valence-electron chi connectivity index (χ1n) is 10.4. The molecule has 1 fully saturated rings. The molecule has 5 nitrogen and oxygen atoms in total. The second-order valence-electron chi connectivity index (χ2n) is 8.15. The molecular weight excluding hydrogens is 387 g/mol. The molecule has 0 radical (unpaired) electrons. The van der Waals surface area contributed by atoms with Crippen molar-refractivity contribution in [1.82, 2.24) is 9.88 Å². The molecule has 0 aliphatic carbocycles. The van der Waals surface area contributed by atoms with Gasteiger partial charge in [-0.05, 0) is 60.8 Å². The summed E-state index contributed by atoms with van der Waals surface area (Å²) in [4.78, 5) is 6.90. The second kappa shape index (κ2) is 8.71. The van der Waals surface area contributed by atoms with E-state index in [-0.39, 0.29) is 5.82 Å². The molecule has 0 bridgehead atoms. The molecule has 0 spiro atoms. The van der Waals surface area contributed by atoms with E-state index in [0.717, 1.165) is 30.4 Å². The minimum atomic E-state index is -0.800. The van der Waals surface area contributed by atoms with Crippen LogP contribution in [-0.2, 0) is 6.42 Å². The number of ether oxygens (including phenoxy) is 3. The normalized spacial score (nSPS) is 20.3. The van der Waals surface area contributed by atoms with E-state index >= 15 is 0 Å². The van der Waals surface area contributed by atoms with Crippen molar-refractivity contribution < 1.29 is 18.6 Å². The molecule has 0 unspecified atom stereocenters. The minimum absolute atomic E-state index is 0.150. The summed E-state index contributed by atoms with van der Waals surface area (Å²) in [6, 6.07) is 7.55. The number of halogens is 1. The molecule has 1 saturated heterocycles. The fourth-order valence-electron chi connectivity index (χ4n) is 4.40. The lowest BCUT2D eigenvalue weighted by Gasteiger charge is -2.25. The third kappa shape index (κ3) is 4.73. The van der Waals surface area contributed by atoms with Crippen molar-refractivity contribution in [3.8, 4) is 17.4 Å². The zero-order chi connectivity index (χ0) is 20.4. The molecule has 2 aromatic rings. The Balaban J connectivity index is 1.37. The van der Waals surface area contributed by atoms with E-state index < -0.39 is 9.52 Å². The molecule has 0 N–H and O–H groups in total. The SMILES string of the molecule is COc1cc(C[C@@H]2CCN([C@@H](C)[SiH2]c3cc4c(cc3F)OCCO4)C2)cc(C)n1. The van der Waals surface area contributed by atoms with Gasteiger partial charge in [0.05, 0.1) is 16.6 Å². The van der Waals surface area contributed by atoms with Gasteiger partial charge in [-0.2, -0.15) is 0 Å². The first-order valence-corrected chi connectivity index (χ1v) is 11.9. The van der Waals surface area contributed by atoms with E-state index in [2.05, 4.69) is 22.9 Å². The van der Waals surface area contributed by atoms with Gasteiger partial charge in [-0.1, -0.05) is 6.92 Å². The predicted octanol–water partition coefficient (Wildman–Crippen LogP) is 2.01. The third-order valence-electron chi connectivity index (χ3n) is 5.89. The van der Waals surface area contributed by atoms with Crippen LogP contribution in [0.15, 0.2) is 24.3 Å². The van der Waals surface area contributed by atoms with Crippen LogP contribution in [0.25, 0.3) is 0 Å². The molecule has 3 heterocycles. The third-order valence-corrected chi connectivity index (χ3v) is 7.98. The first-order chi connectivity index (χ1) is 14.0. The highest BCUT2D eigenvalue weighted by atomic mass is 28.2. The van der Waals surface area contributed by atoms with E-state index in [4.69, 9.17) is 14.2 Å². The van der Waals surface area contributed by atoms with Crippen LogP contribution in [0.4, 0.5) is 4.39 Å². The summed E-state index contributed by atoms with van der Waals surface area (Å²) >= 11 is 0. The number of fused-ring (bicyclic) bond motifs is 1.